The SMILES string of the molecule is Cc1noc(N2C=COC2c2ccc(-c3ccccc3)c(CNC3CC3)c2)c1C. The second-order valence-electron chi connectivity index (χ2n) is 7.82. The van der Waals surface area contributed by atoms with Gasteiger partial charge in [0.25, 0.3) is 0 Å². The number of benzene rings is 2. The van der Waals surface area contributed by atoms with Crippen LogP contribution in [-0.4, -0.2) is 11.2 Å². The van der Waals surface area contributed by atoms with Crippen molar-refractivity contribution in [2.24, 2.45) is 0 Å². The third kappa shape index (κ3) is 3.54. The van der Waals surface area contributed by atoms with E-state index >= 15 is 0 Å². The van der Waals surface area contributed by atoms with E-state index in [9.17, 15) is 0 Å². The topological polar surface area (TPSA) is 50.5 Å². The van der Waals surface area contributed by atoms with E-state index in [4.69, 9.17) is 9.26 Å². The van der Waals surface area contributed by atoms with E-state index in [1.807, 2.05) is 24.9 Å². The van der Waals surface area contributed by atoms with Crippen LogP contribution in [0.4, 0.5) is 5.88 Å². The van der Waals surface area contributed by atoms with E-state index in [0.29, 0.717) is 6.04 Å². The van der Waals surface area contributed by atoms with Crippen LogP contribution in [0.3, 0.4) is 0 Å². The van der Waals surface area contributed by atoms with Gasteiger partial charge >= 0.3 is 0 Å². The van der Waals surface area contributed by atoms with Gasteiger partial charge in [-0.1, -0.05) is 47.6 Å². The normalized spacial score (nSPS) is 18.3. The number of hydrogen-bond donors (Lipinski definition) is 1. The fourth-order valence-corrected chi connectivity index (χ4v) is 3.73. The monoisotopic (exact) mass is 387 g/mol. The van der Waals surface area contributed by atoms with Crippen molar-refractivity contribution in [2.45, 2.75) is 45.5 Å². The van der Waals surface area contributed by atoms with Gasteiger partial charge in [0.2, 0.25) is 12.1 Å². The Morgan fingerprint density at radius 3 is 2.66 bits per heavy atom. The predicted molar refractivity (Wildman–Crippen MR) is 113 cm³/mol. The van der Waals surface area contributed by atoms with Gasteiger partial charge in [-0.3, -0.25) is 4.90 Å². The lowest BCUT2D eigenvalue weighted by Gasteiger charge is -2.23. The maximum Gasteiger partial charge on any atom is 0.237 e. The van der Waals surface area contributed by atoms with Crippen molar-refractivity contribution in [1.29, 1.82) is 0 Å². The summed E-state index contributed by atoms with van der Waals surface area (Å²) in [5.41, 5.74) is 6.79. The molecule has 0 spiro atoms. The number of aryl methyl sites for hydroxylation is 1. The molecule has 0 amide bonds. The lowest BCUT2D eigenvalue weighted by atomic mass is 9.96. The van der Waals surface area contributed by atoms with Gasteiger partial charge in [0, 0.05) is 29.9 Å². The summed E-state index contributed by atoms with van der Waals surface area (Å²) in [6.07, 6.45) is 5.91. The summed E-state index contributed by atoms with van der Waals surface area (Å²) >= 11 is 0. The largest absolute Gasteiger partial charge is 0.472 e. The Kier molecular flexibility index (Phi) is 4.60. The van der Waals surface area contributed by atoms with Crippen LogP contribution in [-0.2, 0) is 11.3 Å². The fraction of sp³-hybridized carbons (Fsp3) is 0.292. The summed E-state index contributed by atoms with van der Waals surface area (Å²) in [7, 11) is 0. The minimum atomic E-state index is -0.259. The Balaban J connectivity index is 1.49. The number of anilines is 1. The zero-order valence-electron chi connectivity index (χ0n) is 16.8. The molecule has 1 N–H and O–H groups in total. The molecule has 1 aliphatic carbocycles. The molecule has 29 heavy (non-hydrogen) atoms. The van der Waals surface area contributed by atoms with Gasteiger partial charge in [-0.2, -0.15) is 0 Å². The van der Waals surface area contributed by atoms with Gasteiger partial charge in [0.15, 0.2) is 0 Å². The van der Waals surface area contributed by atoms with Crippen LogP contribution in [0, 0.1) is 13.8 Å². The minimum absolute atomic E-state index is 0.259. The zero-order chi connectivity index (χ0) is 19.8. The van der Waals surface area contributed by atoms with Crippen molar-refractivity contribution >= 4 is 5.88 Å². The highest BCUT2D eigenvalue weighted by Gasteiger charge is 2.29. The Morgan fingerprint density at radius 1 is 1.10 bits per heavy atom. The summed E-state index contributed by atoms with van der Waals surface area (Å²) in [4.78, 5) is 2.00. The van der Waals surface area contributed by atoms with E-state index in [-0.39, 0.29) is 6.23 Å². The first-order valence-electron chi connectivity index (χ1n) is 10.2. The Bertz CT molecular complexity index is 1040. The molecule has 0 radical (unpaired) electrons. The van der Waals surface area contributed by atoms with Gasteiger partial charge in [-0.25, -0.2) is 0 Å². The van der Waals surface area contributed by atoms with E-state index in [0.717, 1.165) is 29.2 Å². The summed E-state index contributed by atoms with van der Waals surface area (Å²) in [5, 5.41) is 7.76. The summed E-state index contributed by atoms with van der Waals surface area (Å²) in [6, 6.07) is 17.8. The molecule has 148 valence electrons. The highest BCUT2D eigenvalue weighted by Crippen LogP contribution is 2.37. The first-order valence-corrected chi connectivity index (χ1v) is 10.2. The third-order valence-corrected chi connectivity index (χ3v) is 5.71. The molecule has 5 heteroatoms. The van der Waals surface area contributed by atoms with Crippen LogP contribution in [0.2, 0.25) is 0 Å². The first-order chi connectivity index (χ1) is 14.2. The van der Waals surface area contributed by atoms with Gasteiger partial charge in [0.1, 0.15) is 6.26 Å². The molecule has 2 heterocycles. The average Bonchev–Trinajstić information content (AvgIpc) is 3.37. The first kappa shape index (κ1) is 18.0. The molecule has 2 aromatic carbocycles. The summed E-state index contributed by atoms with van der Waals surface area (Å²) in [6.45, 7) is 4.82. The Labute approximate surface area is 171 Å². The molecule has 1 unspecified atom stereocenters. The smallest absolute Gasteiger partial charge is 0.237 e. The van der Waals surface area contributed by atoms with Crippen LogP contribution in [0.5, 0.6) is 0 Å². The summed E-state index contributed by atoms with van der Waals surface area (Å²) < 4.78 is 11.5. The molecule has 1 atom stereocenters. The van der Waals surface area contributed by atoms with Crippen LogP contribution >= 0.6 is 0 Å². The average molecular weight is 387 g/mol. The second kappa shape index (κ2) is 7.41. The number of nitrogens with one attached hydrogen (secondary N) is 1. The molecule has 0 saturated heterocycles. The quantitative estimate of drug-likeness (QED) is 0.629. The maximum absolute atomic E-state index is 5.95. The number of rotatable bonds is 6. The van der Waals surface area contributed by atoms with E-state index in [1.165, 1.54) is 29.5 Å². The predicted octanol–water partition coefficient (Wildman–Crippen LogP) is 5.22. The van der Waals surface area contributed by atoms with Crippen LogP contribution in [0.15, 0.2) is 65.5 Å². The van der Waals surface area contributed by atoms with Crippen LogP contribution < -0.4 is 10.2 Å². The molecule has 2 aliphatic rings. The molecular formula is C24H25N3O2. The molecular weight excluding hydrogens is 362 g/mol. The lowest BCUT2D eigenvalue weighted by Crippen LogP contribution is -2.21. The van der Waals surface area contributed by atoms with E-state index in [2.05, 4.69) is 59.0 Å². The van der Waals surface area contributed by atoms with Crippen molar-refractivity contribution in [2.75, 3.05) is 4.90 Å². The maximum atomic E-state index is 5.95. The molecule has 5 nitrogen and oxygen atoms in total. The molecule has 0 bridgehead atoms. The fourth-order valence-electron chi connectivity index (χ4n) is 3.73. The van der Waals surface area contributed by atoms with Gasteiger partial charge in [0.05, 0.1) is 5.69 Å². The van der Waals surface area contributed by atoms with Crippen molar-refractivity contribution in [1.82, 2.24) is 10.5 Å². The van der Waals surface area contributed by atoms with Crippen LogP contribution in [0.1, 0.15) is 41.5 Å². The minimum Gasteiger partial charge on any atom is -0.472 e. The molecule has 5 rings (SSSR count). The third-order valence-electron chi connectivity index (χ3n) is 5.71. The van der Waals surface area contributed by atoms with Crippen molar-refractivity contribution in [3.63, 3.8) is 0 Å². The molecule has 1 aliphatic heterocycles. The van der Waals surface area contributed by atoms with Crippen molar-refractivity contribution in [3.8, 4) is 11.1 Å². The second-order valence-corrected chi connectivity index (χ2v) is 7.82. The standard InChI is InChI=1S/C24H25N3O2/c1-16-17(2)26-29-23(16)27-12-13-28-24(27)19-8-11-22(18-6-4-3-5-7-18)20(14-19)15-25-21-9-10-21/h3-8,11-14,21,24-25H,9-10,15H2,1-2H3. The summed E-state index contributed by atoms with van der Waals surface area (Å²) in [5.74, 6) is 0.728. The van der Waals surface area contributed by atoms with Crippen molar-refractivity contribution < 1.29 is 9.26 Å². The molecule has 1 aromatic heterocycles. The number of nitrogens with zero attached hydrogens (tertiary/aromatic N) is 2. The number of ether oxygens (including phenoxy) is 1. The molecule has 1 fully saturated rings. The lowest BCUT2D eigenvalue weighted by molar-refractivity contribution is 0.169. The van der Waals surface area contributed by atoms with E-state index in [1.54, 1.807) is 6.26 Å². The number of aromatic nitrogens is 1. The Hall–Kier alpha value is -3.05. The van der Waals surface area contributed by atoms with Crippen molar-refractivity contribution in [3.05, 3.63) is 83.4 Å². The Morgan fingerprint density at radius 2 is 1.93 bits per heavy atom. The van der Waals surface area contributed by atoms with Gasteiger partial charge in [-0.15, -0.1) is 0 Å². The molecule has 3 aromatic rings. The molecule has 1 saturated carbocycles. The van der Waals surface area contributed by atoms with E-state index < -0.39 is 0 Å². The highest BCUT2D eigenvalue weighted by atomic mass is 16.5. The van der Waals surface area contributed by atoms with Gasteiger partial charge < -0.3 is 14.6 Å². The highest BCUT2D eigenvalue weighted by molar-refractivity contribution is 5.68. The zero-order valence-corrected chi connectivity index (χ0v) is 16.8. The van der Waals surface area contributed by atoms with Gasteiger partial charge in [-0.05, 0) is 49.4 Å². The number of hydrogen-bond acceptors (Lipinski definition) is 5. The van der Waals surface area contributed by atoms with Crippen LogP contribution in [0.25, 0.3) is 11.1 Å².